The minimum Gasteiger partial charge on any atom is -0.393 e. The van der Waals surface area contributed by atoms with E-state index in [0.29, 0.717) is 0 Å². The summed E-state index contributed by atoms with van der Waals surface area (Å²) in [6, 6.07) is 0. The molecule has 0 heterocycles. The van der Waals surface area contributed by atoms with Crippen molar-refractivity contribution in [1.82, 2.24) is 0 Å². The van der Waals surface area contributed by atoms with Crippen LogP contribution in [0.15, 0.2) is 25.3 Å². The molecule has 0 aromatic rings. The van der Waals surface area contributed by atoms with Crippen molar-refractivity contribution in [2.75, 3.05) is 0 Å². The van der Waals surface area contributed by atoms with Gasteiger partial charge in [-0.3, -0.25) is 0 Å². The Morgan fingerprint density at radius 3 is 1.25 bits per heavy atom. The topological polar surface area (TPSA) is 40.5 Å². The van der Waals surface area contributed by atoms with Gasteiger partial charge in [-0.25, -0.2) is 0 Å². The Balaban J connectivity index is 4.43. The quantitative estimate of drug-likeness (QED) is 0.611. The molecular weight excluding hydrogens is 152 g/mol. The Morgan fingerprint density at radius 1 is 0.917 bits per heavy atom. The van der Waals surface area contributed by atoms with Gasteiger partial charge < -0.3 is 10.2 Å². The van der Waals surface area contributed by atoms with E-state index in [-0.39, 0.29) is 11.8 Å². The van der Waals surface area contributed by atoms with Crippen LogP contribution in [0.5, 0.6) is 0 Å². The van der Waals surface area contributed by atoms with E-state index < -0.39 is 12.2 Å². The van der Waals surface area contributed by atoms with Gasteiger partial charge in [-0.15, -0.1) is 13.2 Å². The van der Waals surface area contributed by atoms with Crippen molar-refractivity contribution in [2.24, 2.45) is 11.8 Å². The van der Waals surface area contributed by atoms with E-state index in [1.165, 1.54) is 0 Å². The molecule has 4 unspecified atom stereocenters. The predicted octanol–water partition coefficient (Wildman–Crippen LogP) is 1.35. The van der Waals surface area contributed by atoms with Crippen molar-refractivity contribution in [3.63, 3.8) is 0 Å². The molecule has 2 nitrogen and oxygen atoms in total. The smallest absolute Gasteiger partial charge is 0.0581 e. The van der Waals surface area contributed by atoms with Gasteiger partial charge in [0.05, 0.1) is 12.2 Å². The number of rotatable bonds is 5. The minimum atomic E-state index is -0.500. The molecule has 0 aliphatic heterocycles. The zero-order chi connectivity index (χ0) is 9.72. The van der Waals surface area contributed by atoms with Crippen LogP contribution in [0.25, 0.3) is 0 Å². The van der Waals surface area contributed by atoms with Crippen LogP contribution in [0.3, 0.4) is 0 Å². The van der Waals surface area contributed by atoms with Crippen LogP contribution in [0.4, 0.5) is 0 Å². The third kappa shape index (κ3) is 2.80. The lowest BCUT2D eigenvalue weighted by molar-refractivity contribution is 0.0655. The summed E-state index contributed by atoms with van der Waals surface area (Å²) in [6.07, 6.45) is 2.31. The fraction of sp³-hybridized carbons (Fsp3) is 0.600. The standard InChI is InChI=1S/C10H18O2/c1-5-9(7(3)11)10(6-2)8(4)12/h5-12H,1-2H2,3-4H3. The van der Waals surface area contributed by atoms with Crippen LogP contribution in [-0.4, -0.2) is 22.4 Å². The fourth-order valence-electron chi connectivity index (χ4n) is 1.35. The van der Waals surface area contributed by atoms with Crippen LogP contribution >= 0.6 is 0 Å². The largest absolute Gasteiger partial charge is 0.393 e. The summed E-state index contributed by atoms with van der Waals surface area (Å²) in [6.45, 7) is 10.6. The maximum absolute atomic E-state index is 9.33. The monoisotopic (exact) mass is 170 g/mol. The van der Waals surface area contributed by atoms with Crippen molar-refractivity contribution < 1.29 is 10.2 Å². The first-order chi connectivity index (χ1) is 5.54. The highest BCUT2D eigenvalue weighted by atomic mass is 16.3. The third-order valence-corrected chi connectivity index (χ3v) is 2.10. The summed E-state index contributed by atoms with van der Waals surface area (Å²) >= 11 is 0. The highest BCUT2D eigenvalue weighted by molar-refractivity contribution is 4.97. The summed E-state index contributed by atoms with van der Waals surface area (Å²) in [4.78, 5) is 0. The van der Waals surface area contributed by atoms with Gasteiger partial charge in [0.25, 0.3) is 0 Å². The molecule has 0 aliphatic carbocycles. The van der Waals surface area contributed by atoms with Gasteiger partial charge >= 0.3 is 0 Å². The van der Waals surface area contributed by atoms with E-state index in [2.05, 4.69) is 13.2 Å². The van der Waals surface area contributed by atoms with Gasteiger partial charge in [0.1, 0.15) is 0 Å². The normalized spacial score (nSPS) is 20.7. The highest BCUT2D eigenvalue weighted by Crippen LogP contribution is 2.21. The molecule has 0 aliphatic rings. The molecule has 4 atom stereocenters. The van der Waals surface area contributed by atoms with E-state index >= 15 is 0 Å². The summed E-state index contributed by atoms with van der Waals surface area (Å²) in [5, 5.41) is 18.7. The lowest BCUT2D eigenvalue weighted by atomic mass is 9.85. The minimum absolute atomic E-state index is 0.123. The number of aliphatic hydroxyl groups is 2. The molecule has 0 radical (unpaired) electrons. The van der Waals surface area contributed by atoms with Gasteiger partial charge in [-0.1, -0.05) is 12.2 Å². The molecule has 0 saturated heterocycles. The maximum Gasteiger partial charge on any atom is 0.0581 e. The second-order valence-corrected chi connectivity index (χ2v) is 3.11. The van der Waals surface area contributed by atoms with Crippen LogP contribution in [0.1, 0.15) is 13.8 Å². The Kier molecular flexibility index (Phi) is 4.86. The molecule has 0 spiro atoms. The first kappa shape index (κ1) is 11.4. The van der Waals surface area contributed by atoms with Gasteiger partial charge in [-0.05, 0) is 13.8 Å². The van der Waals surface area contributed by atoms with Crippen LogP contribution in [0.2, 0.25) is 0 Å². The van der Waals surface area contributed by atoms with Gasteiger partial charge in [0.15, 0.2) is 0 Å². The second kappa shape index (κ2) is 5.12. The van der Waals surface area contributed by atoms with Gasteiger partial charge in [0.2, 0.25) is 0 Å². The molecule has 2 N–H and O–H groups in total. The molecule has 0 amide bonds. The highest BCUT2D eigenvalue weighted by Gasteiger charge is 2.23. The number of hydrogen-bond acceptors (Lipinski definition) is 2. The Hall–Kier alpha value is -0.600. The van der Waals surface area contributed by atoms with E-state index in [1.807, 2.05) is 0 Å². The van der Waals surface area contributed by atoms with Crippen LogP contribution in [0, 0.1) is 11.8 Å². The van der Waals surface area contributed by atoms with E-state index in [9.17, 15) is 10.2 Å². The van der Waals surface area contributed by atoms with Gasteiger partial charge in [0, 0.05) is 11.8 Å². The Labute approximate surface area is 74.2 Å². The van der Waals surface area contributed by atoms with E-state index in [1.54, 1.807) is 26.0 Å². The summed E-state index contributed by atoms with van der Waals surface area (Å²) in [7, 11) is 0. The molecule has 0 bridgehead atoms. The van der Waals surface area contributed by atoms with Crippen LogP contribution < -0.4 is 0 Å². The van der Waals surface area contributed by atoms with Crippen molar-refractivity contribution in [2.45, 2.75) is 26.1 Å². The zero-order valence-corrected chi connectivity index (χ0v) is 7.77. The molecular formula is C10H18O2. The maximum atomic E-state index is 9.33. The van der Waals surface area contributed by atoms with E-state index in [4.69, 9.17) is 0 Å². The van der Waals surface area contributed by atoms with Crippen LogP contribution in [-0.2, 0) is 0 Å². The molecule has 0 aromatic heterocycles. The second-order valence-electron chi connectivity index (χ2n) is 3.11. The van der Waals surface area contributed by atoms with Crippen molar-refractivity contribution in [1.29, 1.82) is 0 Å². The first-order valence-corrected chi connectivity index (χ1v) is 4.15. The summed E-state index contributed by atoms with van der Waals surface area (Å²) in [5.74, 6) is -0.245. The molecule has 2 heteroatoms. The predicted molar refractivity (Wildman–Crippen MR) is 50.7 cm³/mol. The van der Waals surface area contributed by atoms with Crippen molar-refractivity contribution in [3.05, 3.63) is 25.3 Å². The lowest BCUT2D eigenvalue weighted by Crippen LogP contribution is -2.29. The average molecular weight is 170 g/mol. The fourth-order valence-corrected chi connectivity index (χ4v) is 1.35. The zero-order valence-electron chi connectivity index (χ0n) is 7.77. The third-order valence-electron chi connectivity index (χ3n) is 2.10. The Bertz CT molecular complexity index is 132. The first-order valence-electron chi connectivity index (χ1n) is 4.15. The van der Waals surface area contributed by atoms with Gasteiger partial charge in [-0.2, -0.15) is 0 Å². The Morgan fingerprint density at radius 2 is 1.17 bits per heavy atom. The van der Waals surface area contributed by atoms with Crippen molar-refractivity contribution >= 4 is 0 Å². The average Bonchev–Trinajstić information content (AvgIpc) is 1.98. The molecule has 0 fully saturated rings. The van der Waals surface area contributed by atoms with Crippen molar-refractivity contribution in [3.8, 4) is 0 Å². The molecule has 0 rings (SSSR count). The lowest BCUT2D eigenvalue weighted by Gasteiger charge is -2.26. The molecule has 0 aromatic carbocycles. The summed E-state index contributed by atoms with van der Waals surface area (Å²) < 4.78 is 0. The molecule has 0 saturated carbocycles. The number of hydrogen-bond donors (Lipinski definition) is 2. The SMILES string of the molecule is C=CC(C(C)O)C(C=C)C(C)O. The molecule has 12 heavy (non-hydrogen) atoms. The van der Waals surface area contributed by atoms with E-state index in [0.717, 1.165) is 0 Å². The molecule has 70 valence electrons. The number of aliphatic hydroxyl groups excluding tert-OH is 2. The summed E-state index contributed by atoms with van der Waals surface area (Å²) in [5.41, 5.74) is 0.